The van der Waals surface area contributed by atoms with E-state index in [9.17, 15) is 18.8 Å². The van der Waals surface area contributed by atoms with Crippen molar-refractivity contribution >= 4 is 22.8 Å². The minimum Gasteiger partial charge on any atom is -0.425 e. The summed E-state index contributed by atoms with van der Waals surface area (Å²) in [5, 5.41) is 0. The van der Waals surface area contributed by atoms with Crippen LogP contribution in [-0.4, -0.2) is 20.9 Å². The zero-order valence-corrected chi connectivity index (χ0v) is 16.7. The summed E-state index contributed by atoms with van der Waals surface area (Å²) in [6.07, 6.45) is 0. The Hall–Kier alpha value is -4.00. The van der Waals surface area contributed by atoms with E-state index in [1.807, 2.05) is 19.1 Å². The van der Waals surface area contributed by atoms with Crippen LogP contribution in [0.2, 0.25) is 0 Å². The summed E-state index contributed by atoms with van der Waals surface area (Å²) in [6.45, 7) is 2.12. The van der Waals surface area contributed by atoms with Crippen LogP contribution < -0.4 is 10.4 Å². The van der Waals surface area contributed by atoms with E-state index in [2.05, 4.69) is 0 Å². The van der Waals surface area contributed by atoms with Gasteiger partial charge in [-0.15, -0.1) is 0 Å². The van der Waals surface area contributed by atoms with Crippen molar-refractivity contribution in [1.29, 1.82) is 0 Å². The third kappa shape index (κ3) is 4.02. The second-order valence-electron chi connectivity index (χ2n) is 6.94. The number of halogens is 1. The van der Waals surface area contributed by atoms with Gasteiger partial charge in [0.2, 0.25) is 0 Å². The first-order valence-corrected chi connectivity index (χ1v) is 9.77. The zero-order chi connectivity index (χ0) is 22.0. The van der Waals surface area contributed by atoms with Gasteiger partial charge in [0.05, 0.1) is 11.0 Å². The molecule has 7 heteroatoms. The van der Waals surface area contributed by atoms with Crippen LogP contribution in [0.4, 0.5) is 4.39 Å². The Morgan fingerprint density at radius 3 is 1.97 bits per heavy atom. The van der Waals surface area contributed by atoms with Crippen LogP contribution in [0.15, 0.2) is 77.6 Å². The van der Waals surface area contributed by atoms with E-state index < -0.39 is 11.8 Å². The third-order valence-corrected chi connectivity index (χ3v) is 4.98. The Morgan fingerprint density at radius 1 is 0.839 bits per heavy atom. The lowest BCUT2D eigenvalue weighted by atomic mass is 10.0. The summed E-state index contributed by atoms with van der Waals surface area (Å²) in [6, 6.07) is 18.6. The van der Waals surface area contributed by atoms with E-state index in [0.29, 0.717) is 23.2 Å². The Labute approximate surface area is 177 Å². The summed E-state index contributed by atoms with van der Waals surface area (Å²) in [4.78, 5) is 37.5. The number of rotatable bonds is 6. The number of ether oxygens (including phenoxy) is 1. The van der Waals surface area contributed by atoms with Crippen LogP contribution in [0, 0.1) is 5.82 Å². The standard InChI is InChI=1S/C24H19FN2O4/c1-2-26-20-5-3-4-6-21(20)27(24(26)30)15-22(28)31-19-13-9-17(10-14-19)23(29)16-7-11-18(25)12-8-16/h3-14H,2,15H2,1H3. The SMILES string of the molecule is CCn1c(=O)n(CC(=O)Oc2ccc(C(=O)c3ccc(F)cc3)cc2)c2ccccc21. The molecule has 0 bridgehead atoms. The first-order valence-electron chi connectivity index (χ1n) is 9.77. The summed E-state index contributed by atoms with van der Waals surface area (Å²) in [7, 11) is 0. The van der Waals surface area contributed by atoms with Crippen molar-refractivity contribution in [2.75, 3.05) is 0 Å². The number of para-hydroxylation sites is 2. The molecule has 0 aliphatic carbocycles. The number of aromatic nitrogens is 2. The van der Waals surface area contributed by atoms with E-state index in [1.165, 1.54) is 53.1 Å². The molecule has 3 aromatic carbocycles. The molecule has 0 amide bonds. The molecule has 31 heavy (non-hydrogen) atoms. The topological polar surface area (TPSA) is 70.3 Å². The molecule has 6 nitrogen and oxygen atoms in total. The van der Waals surface area contributed by atoms with Crippen molar-refractivity contribution in [2.45, 2.75) is 20.0 Å². The fourth-order valence-electron chi connectivity index (χ4n) is 3.47. The number of imidazole rings is 1. The quantitative estimate of drug-likeness (QED) is 0.271. The lowest BCUT2D eigenvalue weighted by molar-refractivity contribution is -0.135. The molecule has 0 saturated heterocycles. The Morgan fingerprint density at radius 2 is 1.39 bits per heavy atom. The number of fused-ring (bicyclic) bond motifs is 1. The molecular weight excluding hydrogens is 399 g/mol. The molecule has 0 radical (unpaired) electrons. The highest BCUT2D eigenvalue weighted by Gasteiger charge is 2.16. The molecule has 0 aliphatic heterocycles. The number of aryl methyl sites for hydroxylation is 1. The molecule has 0 aliphatic rings. The predicted octanol–water partition coefficient (Wildman–Crippen LogP) is 3.80. The van der Waals surface area contributed by atoms with Gasteiger partial charge in [0.15, 0.2) is 5.78 Å². The Kier molecular flexibility index (Phi) is 5.49. The molecule has 4 aromatic rings. The largest absolute Gasteiger partial charge is 0.425 e. The van der Waals surface area contributed by atoms with Crippen molar-refractivity contribution < 1.29 is 18.7 Å². The third-order valence-electron chi connectivity index (χ3n) is 4.98. The number of hydrogen-bond donors (Lipinski definition) is 0. The molecule has 0 atom stereocenters. The average Bonchev–Trinajstić information content (AvgIpc) is 3.05. The van der Waals surface area contributed by atoms with Gasteiger partial charge in [-0.2, -0.15) is 0 Å². The van der Waals surface area contributed by atoms with E-state index in [-0.39, 0.29) is 23.8 Å². The molecule has 156 valence electrons. The first kappa shape index (κ1) is 20.3. The fourth-order valence-corrected chi connectivity index (χ4v) is 3.47. The highest BCUT2D eigenvalue weighted by Crippen LogP contribution is 2.17. The molecule has 4 rings (SSSR count). The number of esters is 1. The lowest BCUT2D eigenvalue weighted by Gasteiger charge is -2.07. The molecule has 0 fully saturated rings. The van der Waals surface area contributed by atoms with E-state index in [1.54, 1.807) is 16.7 Å². The summed E-state index contributed by atoms with van der Waals surface area (Å²) in [5.41, 5.74) is 1.88. The number of carbonyl (C=O) groups excluding carboxylic acids is 2. The van der Waals surface area contributed by atoms with Gasteiger partial charge in [-0.05, 0) is 67.6 Å². The summed E-state index contributed by atoms with van der Waals surface area (Å²) >= 11 is 0. The monoisotopic (exact) mass is 418 g/mol. The van der Waals surface area contributed by atoms with Gasteiger partial charge in [0, 0.05) is 17.7 Å². The molecular formula is C24H19FN2O4. The van der Waals surface area contributed by atoms with Gasteiger partial charge in [0.25, 0.3) is 0 Å². The lowest BCUT2D eigenvalue weighted by Crippen LogP contribution is -2.28. The normalized spacial score (nSPS) is 10.9. The van der Waals surface area contributed by atoms with E-state index in [0.717, 1.165) is 5.52 Å². The van der Waals surface area contributed by atoms with Crippen molar-refractivity contribution in [3.8, 4) is 5.75 Å². The molecule has 0 spiro atoms. The number of nitrogens with zero attached hydrogens (tertiary/aromatic N) is 2. The molecule has 1 heterocycles. The molecule has 1 aromatic heterocycles. The van der Waals surface area contributed by atoms with Crippen LogP contribution in [0.3, 0.4) is 0 Å². The summed E-state index contributed by atoms with van der Waals surface area (Å²) < 4.78 is 21.4. The van der Waals surface area contributed by atoms with Crippen LogP contribution in [-0.2, 0) is 17.9 Å². The van der Waals surface area contributed by atoms with Gasteiger partial charge in [-0.3, -0.25) is 13.9 Å². The van der Waals surface area contributed by atoms with Crippen LogP contribution in [0.5, 0.6) is 5.75 Å². The second-order valence-corrected chi connectivity index (χ2v) is 6.94. The van der Waals surface area contributed by atoms with Crippen molar-refractivity contribution in [2.24, 2.45) is 0 Å². The minimum atomic E-state index is -0.598. The van der Waals surface area contributed by atoms with Gasteiger partial charge >= 0.3 is 11.7 Å². The van der Waals surface area contributed by atoms with Gasteiger partial charge in [-0.25, -0.2) is 14.0 Å². The smallest absolute Gasteiger partial charge is 0.331 e. The van der Waals surface area contributed by atoms with Gasteiger partial charge in [-0.1, -0.05) is 12.1 Å². The van der Waals surface area contributed by atoms with Crippen LogP contribution in [0.1, 0.15) is 22.8 Å². The van der Waals surface area contributed by atoms with E-state index in [4.69, 9.17) is 4.74 Å². The highest BCUT2D eigenvalue weighted by atomic mass is 19.1. The maximum Gasteiger partial charge on any atom is 0.331 e. The molecule has 0 unspecified atom stereocenters. The molecule has 0 N–H and O–H groups in total. The number of ketones is 1. The predicted molar refractivity (Wildman–Crippen MR) is 114 cm³/mol. The van der Waals surface area contributed by atoms with Crippen LogP contribution >= 0.6 is 0 Å². The van der Waals surface area contributed by atoms with Crippen molar-refractivity contribution in [3.63, 3.8) is 0 Å². The minimum absolute atomic E-state index is 0.234. The average molecular weight is 418 g/mol. The Balaban J connectivity index is 1.49. The second kappa shape index (κ2) is 8.39. The zero-order valence-electron chi connectivity index (χ0n) is 16.7. The number of carbonyl (C=O) groups is 2. The van der Waals surface area contributed by atoms with Gasteiger partial charge < -0.3 is 4.74 Å². The Bertz CT molecular complexity index is 1320. The van der Waals surface area contributed by atoms with E-state index >= 15 is 0 Å². The number of hydrogen-bond acceptors (Lipinski definition) is 4. The maximum atomic E-state index is 13.0. The van der Waals surface area contributed by atoms with Gasteiger partial charge in [0.1, 0.15) is 18.1 Å². The van der Waals surface area contributed by atoms with Crippen LogP contribution in [0.25, 0.3) is 11.0 Å². The number of benzene rings is 3. The maximum absolute atomic E-state index is 13.0. The molecule has 0 saturated carbocycles. The fraction of sp³-hybridized carbons (Fsp3) is 0.125. The highest BCUT2D eigenvalue weighted by molar-refractivity contribution is 6.09. The van der Waals surface area contributed by atoms with Crippen molar-refractivity contribution in [3.05, 3.63) is 100 Å². The first-order chi connectivity index (χ1) is 15.0. The van der Waals surface area contributed by atoms with Crippen molar-refractivity contribution in [1.82, 2.24) is 9.13 Å². The summed E-state index contributed by atoms with van der Waals surface area (Å²) in [5.74, 6) is -1.02.